The summed E-state index contributed by atoms with van der Waals surface area (Å²) < 4.78 is 36.7. The Labute approximate surface area is 113 Å². The number of hydrogen-bond acceptors (Lipinski definition) is 2. The fraction of sp³-hybridized carbons (Fsp3) is 1.00. The first-order valence-electron chi connectivity index (χ1n) is 7.41. The van der Waals surface area contributed by atoms with E-state index in [1.165, 1.54) is 6.42 Å². The molecule has 1 aliphatic heterocycles. The highest BCUT2D eigenvalue weighted by atomic mass is 19.4. The highest BCUT2D eigenvalue weighted by molar-refractivity contribution is 4.95. The summed E-state index contributed by atoms with van der Waals surface area (Å²) >= 11 is 0. The summed E-state index contributed by atoms with van der Waals surface area (Å²) in [6.45, 7) is 6.55. The SMILES string of the molecule is CC(C)N1CC2CCCC(C1)C2NCCC(F)(F)F. The van der Waals surface area contributed by atoms with Crippen molar-refractivity contribution in [3.8, 4) is 0 Å². The Morgan fingerprint density at radius 1 is 1.16 bits per heavy atom. The van der Waals surface area contributed by atoms with Gasteiger partial charge in [0, 0.05) is 31.7 Å². The molecule has 2 unspecified atom stereocenters. The normalized spacial score (nSPS) is 32.8. The van der Waals surface area contributed by atoms with Crippen LogP contribution in [-0.4, -0.2) is 42.8 Å². The van der Waals surface area contributed by atoms with Crippen LogP contribution in [-0.2, 0) is 0 Å². The fourth-order valence-corrected chi connectivity index (χ4v) is 3.61. The monoisotopic (exact) mass is 278 g/mol. The zero-order chi connectivity index (χ0) is 14.0. The van der Waals surface area contributed by atoms with Crippen molar-refractivity contribution in [3.05, 3.63) is 0 Å². The molecular weight excluding hydrogens is 253 g/mol. The molecule has 19 heavy (non-hydrogen) atoms. The van der Waals surface area contributed by atoms with Gasteiger partial charge in [-0.2, -0.15) is 13.2 Å². The van der Waals surface area contributed by atoms with Crippen LogP contribution >= 0.6 is 0 Å². The summed E-state index contributed by atoms with van der Waals surface area (Å²) in [6.07, 6.45) is -1.21. The van der Waals surface area contributed by atoms with Crippen LogP contribution < -0.4 is 5.32 Å². The van der Waals surface area contributed by atoms with E-state index in [9.17, 15) is 13.2 Å². The van der Waals surface area contributed by atoms with Crippen LogP contribution in [0.3, 0.4) is 0 Å². The summed E-state index contributed by atoms with van der Waals surface area (Å²) in [7, 11) is 0. The number of likely N-dealkylation sites (tertiary alicyclic amines) is 1. The van der Waals surface area contributed by atoms with Gasteiger partial charge < -0.3 is 10.2 Å². The van der Waals surface area contributed by atoms with Gasteiger partial charge in [-0.15, -0.1) is 0 Å². The van der Waals surface area contributed by atoms with Crippen molar-refractivity contribution >= 4 is 0 Å². The molecular formula is C14H25F3N2. The first-order chi connectivity index (χ1) is 8.87. The van der Waals surface area contributed by atoms with E-state index in [1.807, 2.05) is 0 Å². The lowest BCUT2D eigenvalue weighted by Crippen LogP contribution is -2.58. The molecule has 2 fully saturated rings. The van der Waals surface area contributed by atoms with Crippen LogP contribution in [0.2, 0.25) is 0 Å². The van der Waals surface area contributed by atoms with E-state index in [-0.39, 0.29) is 6.54 Å². The molecule has 1 saturated carbocycles. The van der Waals surface area contributed by atoms with Gasteiger partial charge in [-0.05, 0) is 38.5 Å². The summed E-state index contributed by atoms with van der Waals surface area (Å²) in [5.41, 5.74) is 0. The first-order valence-corrected chi connectivity index (χ1v) is 7.41. The number of alkyl halides is 3. The van der Waals surface area contributed by atoms with Crippen LogP contribution in [0.4, 0.5) is 13.2 Å². The van der Waals surface area contributed by atoms with Crippen molar-refractivity contribution in [2.45, 2.75) is 57.8 Å². The molecule has 5 heteroatoms. The highest BCUT2D eigenvalue weighted by Crippen LogP contribution is 2.35. The van der Waals surface area contributed by atoms with Gasteiger partial charge in [0.2, 0.25) is 0 Å². The summed E-state index contributed by atoms with van der Waals surface area (Å²) in [6, 6.07) is 0.838. The second-order valence-electron chi connectivity index (χ2n) is 6.34. The van der Waals surface area contributed by atoms with E-state index in [1.54, 1.807) is 0 Å². The largest absolute Gasteiger partial charge is 0.390 e. The Kier molecular flexibility index (Phi) is 4.77. The molecule has 0 aromatic rings. The van der Waals surface area contributed by atoms with Gasteiger partial charge in [0.1, 0.15) is 0 Å². The minimum absolute atomic E-state index is 0.0723. The molecule has 2 bridgehead atoms. The molecule has 1 N–H and O–H groups in total. The fourth-order valence-electron chi connectivity index (χ4n) is 3.61. The summed E-state index contributed by atoms with van der Waals surface area (Å²) in [4.78, 5) is 2.48. The molecule has 0 radical (unpaired) electrons. The molecule has 2 aliphatic rings. The average Bonchev–Trinajstić information content (AvgIpc) is 2.26. The first kappa shape index (κ1) is 15.1. The molecule has 0 spiro atoms. The van der Waals surface area contributed by atoms with Gasteiger partial charge in [-0.3, -0.25) is 0 Å². The third-order valence-electron chi connectivity index (χ3n) is 4.62. The molecule has 0 aromatic heterocycles. The average molecular weight is 278 g/mol. The maximum absolute atomic E-state index is 12.2. The smallest absolute Gasteiger partial charge is 0.313 e. The van der Waals surface area contributed by atoms with Crippen molar-refractivity contribution in [1.29, 1.82) is 0 Å². The number of rotatable bonds is 4. The second kappa shape index (κ2) is 6.00. The van der Waals surface area contributed by atoms with Gasteiger partial charge in [-0.25, -0.2) is 0 Å². The molecule has 2 atom stereocenters. The number of piperidine rings is 1. The van der Waals surface area contributed by atoms with Gasteiger partial charge in [0.05, 0.1) is 6.42 Å². The van der Waals surface area contributed by atoms with E-state index in [0.29, 0.717) is 23.9 Å². The molecule has 2 nitrogen and oxygen atoms in total. The summed E-state index contributed by atoms with van der Waals surface area (Å²) in [5, 5.41) is 3.19. The van der Waals surface area contributed by atoms with E-state index in [2.05, 4.69) is 24.1 Å². The zero-order valence-corrected chi connectivity index (χ0v) is 11.8. The van der Waals surface area contributed by atoms with Crippen LogP contribution in [0, 0.1) is 11.8 Å². The van der Waals surface area contributed by atoms with Gasteiger partial charge in [-0.1, -0.05) is 6.42 Å². The Morgan fingerprint density at radius 2 is 1.74 bits per heavy atom. The number of fused-ring (bicyclic) bond motifs is 2. The minimum atomic E-state index is -4.04. The Morgan fingerprint density at radius 3 is 2.21 bits per heavy atom. The van der Waals surface area contributed by atoms with Crippen LogP contribution in [0.5, 0.6) is 0 Å². The maximum Gasteiger partial charge on any atom is 0.390 e. The predicted octanol–water partition coefficient (Wildman–Crippen LogP) is 3.04. The number of hydrogen-bond donors (Lipinski definition) is 1. The van der Waals surface area contributed by atoms with Crippen molar-refractivity contribution < 1.29 is 13.2 Å². The zero-order valence-electron chi connectivity index (χ0n) is 11.8. The van der Waals surface area contributed by atoms with Crippen molar-refractivity contribution in [3.63, 3.8) is 0 Å². The molecule has 1 saturated heterocycles. The van der Waals surface area contributed by atoms with E-state index in [4.69, 9.17) is 0 Å². The topological polar surface area (TPSA) is 15.3 Å². The molecule has 112 valence electrons. The Balaban J connectivity index is 1.87. The number of nitrogens with one attached hydrogen (secondary N) is 1. The van der Waals surface area contributed by atoms with Gasteiger partial charge in [0.25, 0.3) is 0 Å². The van der Waals surface area contributed by atoms with E-state index < -0.39 is 12.6 Å². The quantitative estimate of drug-likeness (QED) is 0.850. The second-order valence-corrected chi connectivity index (χ2v) is 6.34. The van der Waals surface area contributed by atoms with Crippen LogP contribution in [0.1, 0.15) is 39.5 Å². The Bertz CT molecular complexity index is 277. The highest BCUT2D eigenvalue weighted by Gasteiger charge is 2.40. The van der Waals surface area contributed by atoms with Crippen molar-refractivity contribution in [2.24, 2.45) is 11.8 Å². The third kappa shape index (κ3) is 4.09. The summed E-state index contributed by atoms with van der Waals surface area (Å²) in [5.74, 6) is 1.06. The standard InChI is InChI=1S/C14H25F3N2/c1-10(2)19-8-11-4-3-5-12(9-19)13(11)18-7-6-14(15,16)17/h10-13,18H,3-9H2,1-2H3. The third-order valence-corrected chi connectivity index (χ3v) is 4.62. The molecule has 1 heterocycles. The van der Waals surface area contributed by atoms with Crippen molar-refractivity contribution in [1.82, 2.24) is 10.2 Å². The van der Waals surface area contributed by atoms with Gasteiger partial charge >= 0.3 is 6.18 Å². The van der Waals surface area contributed by atoms with Crippen molar-refractivity contribution in [2.75, 3.05) is 19.6 Å². The number of nitrogens with zero attached hydrogens (tertiary/aromatic N) is 1. The lowest BCUT2D eigenvalue weighted by molar-refractivity contribution is -0.134. The molecule has 2 rings (SSSR count). The molecule has 0 aromatic carbocycles. The van der Waals surface area contributed by atoms with E-state index in [0.717, 1.165) is 25.9 Å². The van der Waals surface area contributed by atoms with Crippen LogP contribution in [0.25, 0.3) is 0 Å². The number of halogens is 3. The van der Waals surface area contributed by atoms with Crippen LogP contribution in [0.15, 0.2) is 0 Å². The predicted molar refractivity (Wildman–Crippen MR) is 70.0 cm³/mol. The lowest BCUT2D eigenvalue weighted by Gasteiger charge is -2.49. The molecule has 0 amide bonds. The Hall–Kier alpha value is -0.290. The lowest BCUT2D eigenvalue weighted by atomic mass is 9.73. The molecule has 1 aliphatic carbocycles. The van der Waals surface area contributed by atoms with Gasteiger partial charge in [0.15, 0.2) is 0 Å². The minimum Gasteiger partial charge on any atom is -0.313 e. The maximum atomic E-state index is 12.2. The van der Waals surface area contributed by atoms with E-state index >= 15 is 0 Å².